The number of aromatic nitrogens is 2. The molecule has 0 atom stereocenters. The predicted molar refractivity (Wildman–Crippen MR) is 64.7 cm³/mol. The molecule has 78 valence electrons. The van der Waals surface area contributed by atoms with Gasteiger partial charge in [0.1, 0.15) is 0 Å². The van der Waals surface area contributed by atoms with E-state index in [1.54, 1.807) is 4.68 Å². The summed E-state index contributed by atoms with van der Waals surface area (Å²) in [5, 5.41) is 7.44. The summed E-state index contributed by atoms with van der Waals surface area (Å²) in [4.78, 5) is 0. The maximum Gasteiger partial charge on any atom is 0.0539 e. The first-order valence-electron chi connectivity index (χ1n) is 4.71. The Morgan fingerprint density at radius 2 is 2.07 bits per heavy atom. The van der Waals surface area contributed by atoms with E-state index in [1.807, 2.05) is 43.7 Å². The molecule has 1 aromatic carbocycles. The first-order chi connectivity index (χ1) is 7.24. The van der Waals surface area contributed by atoms with Crippen molar-refractivity contribution in [3.8, 4) is 0 Å². The molecule has 0 amide bonds. The van der Waals surface area contributed by atoms with E-state index in [4.69, 9.17) is 0 Å². The molecule has 15 heavy (non-hydrogen) atoms. The van der Waals surface area contributed by atoms with Gasteiger partial charge in [-0.15, -0.1) is 0 Å². The minimum atomic E-state index is 0.801. The maximum absolute atomic E-state index is 4.11. The van der Waals surface area contributed by atoms with E-state index < -0.39 is 0 Å². The van der Waals surface area contributed by atoms with Crippen molar-refractivity contribution in [3.05, 3.63) is 46.7 Å². The zero-order valence-electron chi connectivity index (χ0n) is 8.44. The van der Waals surface area contributed by atoms with Crippen LogP contribution in [0, 0.1) is 0 Å². The Bertz CT molecular complexity index is 433. The molecule has 0 radical (unpaired) electrons. The van der Waals surface area contributed by atoms with E-state index in [9.17, 15) is 0 Å². The number of rotatable bonds is 3. The Morgan fingerprint density at radius 1 is 1.33 bits per heavy atom. The fourth-order valence-electron chi connectivity index (χ4n) is 1.34. The number of hydrogen-bond acceptors (Lipinski definition) is 2. The average Bonchev–Trinajstić information content (AvgIpc) is 2.64. The normalized spacial score (nSPS) is 10.3. The molecule has 0 spiro atoms. The maximum atomic E-state index is 4.11. The molecule has 2 rings (SSSR count). The smallest absolute Gasteiger partial charge is 0.0539 e. The van der Waals surface area contributed by atoms with Crippen LogP contribution in [0.2, 0.25) is 0 Å². The van der Waals surface area contributed by atoms with Crippen LogP contribution in [0.25, 0.3) is 0 Å². The number of aryl methyl sites for hydroxylation is 1. The molecule has 1 N–H and O–H groups in total. The summed E-state index contributed by atoms with van der Waals surface area (Å²) in [7, 11) is 1.92. The Balaban J connectivity index is 1.96. The van der Waals surface area contributed by atoms with Crippen molar-refractivity contribution in [1.29, 1.82) is 0 Å². The minimum Gasteiger partial charge on any atom is -0.381 e. The number of hydrogen-bond donors (Lipinski definition) is 1. The van der Waals surface area contributed by atoms with Gasteiger partial charge >= 0.3 is 0 Å². The largest absolute Gasteiger partial charge is 0.381 e. The summed E-state index contributed by atoms with van der Waals surface area (Å²) in [5.74, 6) is 0. The van der Waals surface area contributed by atoms with Crippen LogP contribution in [0.4, 0.5) is 5.69 Å². The number of nitrogens with one attached hydrogen (secondary N) is 1. The molecule has 3 nitrogen and oxygen atoms in total. The molecule has 0 saturated heterocycles. The Kier molecular flexibility index (Phi) is 3.06. The van der Waals surface area contributed by atoms with Crippen molar-refractivity contribution in [3.63, 3.8) is 0 Å². The Morgan fingerprint density at radius 3 is 2.67 bits per heavy atom. The number of nitrogens with zero attached hydrogens (tertiary/aromatic N) is 2. The second-order valence-corrected chi connectivity index (χ2v) is 4.30. The van der Waals surface area contributed by atoms with Crippen LogP contribution in [0.5, 0.6) is 0 Å². The highest BCUT2D eigenvalue weighted by Gasteiger charge is 1.96. The van der Waals surface area contributed by atoms with E-state index in [0.29, 0.717) is 0 Å². The lowest BCUT2D eigenvalue weighted by molar-refractivity contribution is 0.767. The molecule has 0 fully saturated rings. The third kappa shape index (κ3) is 2.83. The SMILES string of the molecule is Cn1cc(CNc2ccc(Br)cc2)cn1. The highest BCUT2D eigenvalue weighted by atomic mass is 79.9. The van der Waals surface area contributed by atoms with Crippen LogP contribution >= 0.6 is 15.9 Å². The van der Waals surface area contributed by atoms with Crippen molar-refractivity contribution in [2.75, 3.05) is 5.32 Å². The fraction of sp³-hybridized carbons (Fsp3) is 0.182. The van der Waals surface area contributed by atoms with Crippen molar-refractivity contribution >= 4 is 21.6 Å². The third-order valence-corrected chi connectivity index (χ3v) is 2.63. The predicted octanol–water partition coefficient (Wildman–Crippen LogP) is 2.79. The number of halogens is 1. The monoisotopic (exact) mass is 265 g/mol. The van der Waals surface area contributed by atoms with Gasteiger partial charge in [0, 0.05) is 35.5 Å². The number of anilines is 1. The third-order valence-electron chi connectivity index (χ3n) is 2.10. The van der Waals surface area contributed by atoms with Crippen LogP contribution in [-0.4, -0.2) is 9.78 Å². The van der Waals surface area contributed by atoms with Crippen molar-refractivity contribution < 1.29 is 0 Å². The van der Waals surface area contributed by atoms with Gasteiger partial charge in [-0.25, -0.2) is 0 Å². The summed E-state index contributed by atoms with van der Waals surface area (Å²) in [6.45, 7) is 0.801. The standard InChI is InChI=1S/C11H12BrN3/c1-15-8-9(7-14-15)6-13-11-4-2-10(12)3-5-11/h2-5,7-8,13H,6H2,1H3. The van der Waals surface area contributed by atoms with E-state index in [2.05, 4.69) is 26.3 Å². The zero-order valence-corrected chi connectivity index (χ0v) is 10.0. The molecule has 0 saturated carbocycles. The Labute approximate surface area is 97.2 Å². The molecule has 0 unspecified atom stereocenters. The van der Waals surface area contributed by atoms with Crippen molar-refractivity contribution in [1.82, 2.24) is 9.78 Å². The molecule has 4 heteroatoms. The topological polar surface area (TPSA) is 29.9 Å². The van der Waals surface area contributed by atoms with Crippen LogP contribution in [0.1, 0.15) is 5.56 Å². The van der Waals surface area contributed by atoms with Crippen molar-refractivity contribution in [2.45, 2.75) is 6.54 Å². The van der Waals surface area contributed by atoms with E-state index in [1.165, 1.54) is 5.56 Å². The second kappa shape index (κ2) is 4.49. The fourth-order valence-corrected chi connectivity index (χ4v) is 1.60. The lowest BCUT2D eigenvalue weighted by Gasteiger charge is -2.04. The molecule has 1 heterocycles. The minimum absolute atomic E-state index is 0.801. The summed E-state index contributed by atoms with van der Waals surface area (Å²) in [6, 6.07) is 8.12. The van der Waals surface area contributed by atoms with E-state index in [0.717, 1.165) is 16.7 Å². The molecule has 0 aliphatic carbocycles. The molecular formula is C11H12BrN3. The van der Waals surface area contributed by atoms with Crippen LogP contribution in [-0.2, 0) is 13.6 Å². The van der Waals surface area contributed by atoms with Crippen LogP contribution < -0.4 is 5.32 Å². The van der Waals surface area contributed by atoms with E-state index >= 15 is 0 Å². The summed E-state index contributed by atoms with van der Waals surface area (Å²) in [5.41, 5.74) is 2.29. The first-order valence-corrected chi connectivity index (χ1v) is 5.50. The average molecular weight is 266 g/mol. The summed E-state index contributed by atoms with van der Waals surface area (Å²) < 4.78 is 2.90. The number of benzene rings is 1. The van der Waals surface area contributed by atoms with Gasteiger partial charge in [0.25, 0.3) is 0 Å². The van der Waals surface area contributed by atoms with Gasteiger partial charge in [-0.3, -0.25) is 4.68 Å². The highest BCUT2D eigenvalue weighted by Crippen LogP contribution is 2.14. The van der Waals surface area contributed by atoms with Gasteiger partial charge in [-0.05, 0) is 24.3 Å². The molecular weight excluding hydrogens is 254 g/mol. The van der Waals surface area contributed by atoms with Crippen molar-refractivity contribution in [2.24, 2.45) is 7.05 Å². The van der Waals surface area contributed by atoms with Gasteiger partial charge in [-0.2, -0.15) is 5.10 Å². The summed E-state index contributed by atoms with van der Waals surface area (Å²) in [6.07, 6.45) is 3.87. The Hall–Kier alpha value is -1.29. The molecule has 2 aromatic rings. The summed E-state index contributed by atoms with van der Waals surface area (Å²) >= 11 is 3.40. The molecule has 1 aromatic heterocycles. The molecule has 0 aliphatic heterocycles. The van der Waals surface area contributed by atoms with E-state index in [-0.39, 0.29) is 0 Å². The van der Waals surface area contributed by atoms with Gasteiger partial charge < -0.3 is 5.32 Å². The quantitative estimate of drug-likeness (QED) is 0.925. The lowest BCUT2D eigenvalue weighted by Crippen LogP contribution is -1.97. The van der Waals surface area contributed by atoms with Gasteiger partial charge in [0.05, 0.1) is 6.20 Å². The van der Waals surface area contributed by atoms with Crippen LogP contribution in [0.15, 0.2) is 41.1 Å². The molecule has 0 bridgehead atoms. The van der Waals surface area contributed by atoms with Crippen LogP contribution in [0.3, 0.4) is 0 Å². The van der Waals surface area contributed by atoms with Gasteiger partial charge in [-0.1, -0.05) is 15.9 Å². The first kappa shape index (κ1) is 10.2. The highest BCUT2D eigenvalue weighted by molar-refractivity contribution is 9.10. The lowest BCUT2D eigenvalue weighted by atomic mass is 10.3. The second-order valence-electron chi connectivity index (χ2n) is 3.38. The zero-order chi connectivity index (χ0) is 10.7. The van der Waals surface area contributed by atoms with Gasteiger partial charge in [0.15, 0.2) is 0 Å². The molecule has 0 aliphatic rings. The van der Waals surface area contributed by atoms with Gasteiger partial charge in [0.2, 0.25) is 0 Å².